The summed E-state index contributed by atoms with van der Waals surface area (Å²) in [7, 11) is -3.11. The van der Waals surface area contributed by atoms with Crippen molar-refractivity contribution < 1.29 is 13.2 Å². The third-order valence-corrected chi connectivity index (χ3v) is 5.38. The van der Waals surface area contributed by atoms with Gasteiger partial charge in [-0.3, -0.25) is 4.79 Å². The van der Waals surface area contributed by atoms with Gasteiger partial charge in [-0.05, 0) is 37.5 Å². The zero-order valence-electron chi connectivity index (χ0n) is 12.7. The minimum atomic E-state index is -3.11. The molecule has 0 atom stereocenters. The molecule has 0 unspecified atom stereocenters. The number of rotatable bonds is 5. The van der Waals surface area contributed by atoms with E-state index in [1.165, 1.54) is 19.1 Å². The van der Waals surface area contributed by atoms with Crippen LogP contribution in [0.15, 0.2) is 0 Å². The SMILES string of the molecule is CC(C)(C(=O)N1CCC(CNS(C)(=O)=O)CC1)C1CC1. The summed E-state index contributed by atoms with van der Waals surface area (Å²) in [5.74, 6) is 1.17. The lowest BCUT2D eigenvalue weighted by molar-refractivity contribution is -0.143. The van der Waals surface area contributed by atoms with Gasteiger partial charge in [-0.1, -0.05) is 13.8 Å². The van der Waals surface area contributed by atoms with E-state index in [1.54, 1.807) is 0 Å². The van der Waals surface area contributed by atoms with Crippen molar-refractivity contribution in [3.63, 3.8) is 0 Å². The number of carbonyl (C=O) groups is 1. The molecule has 0 radical (unpaired) electrons. The minimum absolute atomic E-state index is 0.224. The van der Waals surface area contributed by atoms with Crippen LogP contribution >= 0.6 is 0 Å². The molecule has 2 fully saturated rings. The van der Waals surface area contributed by atoms with Crippen molar-refractivity contribution in [2.24, 2.45) is 17.3 Å². The molecule has 1 saturated heterocycles. The molecule has 0 aromatic carbocycles. The van der Waals surface area contributed by atoms with Crippen molar-refractivity contribution in [3.8, 4) is 0 Å². The van der Waals surface area contributed by atoms with Gasteiger partial charge >= 0.3 is 0 Å². The predicted molar refractivity (Wildman–Crippen MR) is 78.7 cm³/mol. The first-order chi connectivity index (χ1) is 9.20. The van der Waals surface area contributed by atoms with E-state index in [2.05, 4.69) is 18.6 Å². The van der Waals surface area contributed by atoms with Gasteiger partial charge in [0.1, 0.15) is 0 Å². The van der Waals surface area contributed by atoms with Gasteiger partial charge in [0, 0.05) is 25.0 Å². The summed E-state index contributed by atoms with van der Waals surface area (Å²) in [6.07, 6.45) is 5.30. The lowest BCUT2D eigenvalue weighted by atomic mass is 9.84. The third-order valence-electron chi connectivity index (χ3n) is 4.69. The van der Waals surface area contributed by atoms with Gasteiger partial charge in [-0.25, -0.2) is 13.1 Å². The molecular weight excluding hydrogens is 276 g/mol. The number of hydrogen-bond acceptors (Lipinski definition) is 3. The van der Waals surface area contributed by atoms with Crippen LogP contribution < -0.4 is 4.72 Å². The van der Waals surface area contributed by atoms with Crippen LogP contribution in [0.3, 0.4) is 0 Å². The molecule has 2 aliphatic rings. The average molecular weight is 302 g/mol. The number of hydrogen-bond donors (Lipinski definition) is 1. The van der Waals surface area contributed by atoms with E-state index < -0.39 is 10.0 Å². The molecule has 20 heavy (non-hydrogen) atoms. The van der Waals surface area contributed by atoms with Gasteiger partial charge in [0.25, 0.3) is 0 Å². The third kappa shape index (κ3) is 3.95. The molecule has 0 aromatic heterocycles. The van der Waals surface area contributed by atoms with Crippen molar-refractivity contribution in [1.82, 2.24) is 9.62 Å². The molecule has 116 valence electrons. The van der Waals surface area contributed by atoms with Crippen LogP contribution in [0.1, 0.15) is 39.5 Å². The summed E-state index contributed by atoms with van der Waals surface area (Å²) in [6, 6.07) is 0. The number of carbonyl (C=O) groups excluding carboxylic acids is 1. The second-order valence-corrected chi connectivity index (χ2v) is 8.69. The Kier molecular flexibility index (Phi) is 4.44. The van der Waals surface area contributed by atoms with Crippen LogP contribution in [-0.2, 0) is 14.8 Å². The highest BCUT2D eigenvalue weighted by atomic mass is 32.2. The number of amides is 1. The first kappa shape index (κ1) is 15.8. The maximum Gasteiger partial charge on any atom is 0.228 e. The smallest absolute Gasteiger partial charge is 0.228 e. The summed E-state index contributed by atoms with van der Waals surface area (Å²) in [5.41, 5.74) is -0.224. The highest BCUT2D eigenvalue weighted by Crippen LogP contribution is 2.46. The first-order valence-electron chi connectivity index (χ1n) is 7.44. The summed E-state index contributed by atoms with van der Waals surface area (Å²) in [4.78, 5) is 14.5. The molecule has 1 heterocycles. The van der Waals surface area contributed by atoms with Crippen molar-refractivity contribution in [3.05, 3.63) is 0 Å². The van der Waals surface area contributed by atoms with E-state index in [4.69, 9.17) is 0 Å². The molecule has 0 bridgehead atoms. The Hall–Kier alpha value is -0.620. The van der Waals surface area contributed by atoms with Crippen molar-refractivity contribution >= 4 is 15.9 Å². The van der Waals surface area contributed by atoms with Crippen LogP contribution in [0.5, 0.6) is 0 Å². The average Bonchev–Trinajstić information content (AvgIpc) is 3.19. The summed E-state index contributed by atoms with van der Waals surface area (Å²) in [6.45, 7) is 6.12. The second kappa shape index (κ2) is 5.64. The highest BCUT2D eigenvalue weighted by Gasteiger charge is 2.45. The van der Waals surface area contributed by atoms with Crippen molar-refractivity contribution in [2.45, 2.75) is 39.5 Å². The number of piperidine rings is 1. The quantitative estimate of drug-likeness (QED) is 0.830. The fourth-order valence-corrected chi connectivity index (χ4v) is 3.54. The molecule has 0 aromatic rings. The molecule has 6 heteroatoms. The fourth-order valence-electron chi connectivity index (χ4n) is 3.00. The number of likely N-dealkylation sites (tertiary alicyclic amines) is 1. The predicted octanol–water partition coefficient (Wildman–Crippen LogP) is 1.21. The monoisotopic (exact) mass is 302 g/mol. The van der Waals surface area contributed by atoms with Gasteiger partial charge in [0.2, 0.25) is 15.9 Å². The van der Waals surface area contributed by atoms with E-state index in [0.29, 0.717) is 18.4 Å². The molecule has 1 amide bonds. The summed E-state index contributed by atoms with van der Waals surface area (Å²) in [5, 5.41) is 0. The zero-order chi connectivity index (χ0) is 15.0. The highest BCUT2D eigenvalue weighted by molar-refractivity contribution is 7.88. The molecule has 5 nitrogen and oxygen atoms in total. The zero-order valence-corrected chi connectivity index (χ0v) is 13.5. The van der Waals surface area contributed by atoms with E-state index in [1.807, 2.05) is 4.90 Å². The Morgan fingerprint density at radius 2 is 1.75 bits per heavy atom. The van der Waals surface area contributed by atoms with Crippen molar-refractivity contribution in [2.75, 3.05) is 25.9 Å². The normalized spacial score (nSPS) is 22.1. The lowest BCUT2D eigenvalue weighted by Gasteiger charge is -2.37. The minimum Gasteiger partial charge on any atom is -0.342 e. The van der Waals surface area contributed by atoms with E-state index in [9.17, 15) is 13.2 Å². The van der Waals surface area contributed by atoms with Crippen LogP contribution in [0.25, 0.3) is 0 Å². The van der Waals surface area contributed by atoms with Crippen molar-refractivity contribution in [1.29, 1.82) is 0 Å². The van der Waals surface area contributed by atoms with Gasteiger partial charge in [-0.15, -0.1) is 0 Å². The Bertz CT molecular complexity index is 461. The van der Waals surface area contributed by atoms with E-state index in [0.717, 1.165) is 25.9 Å². The first-order valence-corrected chi connectivity index (χ1v) is 9.33. The fraction of sp³-hybridized carbons (Fsp3) is 0.929. The molecule has 2 rings (SSSR count). The van der Waals surface area contributed by atoms with Gasteiger partial charge in [0.15, 0.2) is 0 Å². The van der Waals surface area contributed by atoms with Gasteiger partial charge < -0.3 is 4.90 Å². The molecule has 1 aliphatic heterocycles. The van der Waals surface area contributed by atoms with Crippen LogP contribution in [0.2, 0.25) is 0 Å². The Morgan fingerprint density at radius 1 is 1.20 bits per heavy atom. The molecular formula is C14H26N2O3S. The van der Waals surface area contributed by atoms with E-state index >= 15 is 0 Å². The van der Waals surface area contributed by atoms with Crippen LogP contribution in [0.4, 0.5) is 0 Å². The maximum atomic E-state index is 12.5. The molecule has 0 spiro atoms. The molecule has 1 aliphatic carbocycles. The Morgan fingerprint density at radius 3 is 2.20 bits per heavy atom. The van der Waals surface area contributed by atoms with Gasteiger partial charge in [0.05, 0.1) is 6.26 Å². The topological polar surface area (TPSA) is 66.5 Å². The standard InChI is InChI=1S/C14H26N2O3S/c1-14(2,12-4-5-12)13(17)16-8-6-11(7-9-16)10-15-20(3,18)19/h11-12,15H,4-10H2,1-3H3. The van der Waals surface area contributed by atoms with Gasteiger partial charge in [-0.2, -0.15) is 0 Å². The molecule has 1 N–H and O–H groups in total. The van der Waals surface area contributed by atoms with Crippen LogP contribution in [0, 0.1) is 17.3 Å². The van der Waals surface area contributed by atoms with Crippen LogP contribution in [-0.4, -0.2) is 45.1 Å². The number of sulfonamides is 1. The lowest BCUT2D eigenvalue weighted by Crippen LogP contribution is -2.47. The maximum absolute atomic E-state index is 12.5. The van der Waals surface area contributed by atoms with E-state index in [-0.39, 0.29) is 11.3 Å². The summed E-state index contributed by atoms with van der Waals surface area (Å²) < 4.78 is 24.7. The largest absolute Gasteiger partial charge is 0.342 e. The Balaban J connectivity index is 1.80. The second-order valence-electron chi connectivity index (χ2n) is 6.85. The summed E-state index contributed by atoms with van der Waals surface area (Å²) >= 11 is 0. The Labute approximate surface area is 122 Å². The number of nitrogens with one attached hydrogen (secondary N) is 1. The number of nitrogens with zero attached hydrogens (tertiary/aromatic N) is 1. The molecule has 1 saturated carbocycles.